The lowest BCUT2D eigenvalue weighted by molar-refractivity contribution is 0.0145. The summed E-state index contributed by atoms with van der Waals surface area (Å²) < 4.78 is 5.44. The second kappa shape index (κ2) is 9.80. The van der Waals surface area contributed by atoms with Crippen molar-refractivity contribution in [2.24, 2.45) is 4.99 Å². The molecule has 0 atom stereocenters. The largest absolute Gasteiger partial charge is 0.444 e. The van der Waals surface area contributed by atoms with Gasteiger partial charge in [0.1, 0.15) is 5.60 Å². The van der Waals surface area contributed by atoms with Gasteiger partial charge < -0.3 is 20.3 Å². The molecule has 2 N–H and O–H groups in total. The van der Waals surface area contributed by atoms with E-state index in [1.165, 1.54) is 0 Å². The van der Waals surface area contributed by atoms with Gasteiger partial charge in [-0.15, -0.1) is 0 Å². The molecule has 2 aliphatic rings. The topological polar surface area (TPSA) is 69.2 Å². The molecule has 1 amide bonds. The number of carbonyl (C=O) groups is 1. The Balaban J connectivity index is 1.57. The van der Waals surface area contributed by atoms with E-state index < -0.39 is 5.60 Å². The van der Waals surface area contributed by atoms with E-state index in [0.717, 1.165) is 64.5 Å². The quantitative estimate of drug-likeness (QED) is 0.337. The van der Waals surface area contributed by atoms with Crippen molar-refractivity contribution in [3.8, 4) is 0 Å². The Kier molecular flexibility index (Phi) is 7.75. The first-order valence-corrected chi connectivity index (χ1v) is 9.70. The zero-order valence-corrected chi connectivity index (χ0v) is 16.8. The van der Waals surface area contributed by atoms with Crippen molar-refractivity contribution in [1.29, 1.82) is 0 Å². The highest BCUT2D eigenvalue weighted by atomic mass is 16.6. The predicted molar refractivity (Wildman–Crippen MR) is 106 cm³/mol. The van der Waals surface area contributed by atoms with Crippen LogP contribution in [0, 0.1) is 0 Å². The van der Waals surface area contributed by atoms with Gasteiger partial charge in [-0.3, -0.25) is 9.89 Å². The first kappa shape index (κ1) is 20.6. The van der Waals surface area contributed by atoms with Crippen molar-refractivity contribution >= 4 is 12.1 Å². The van der Waals surface area contributed by atoms with Gasteiger partial charge in [0, 0.05) is 45.8 Å². The van der Waals surface area contributed by atoms with Crippen molar-refractivity contribution in [2.75, 3.05) is 46.3 Å². The molecule has 0 spiro atoms. The minimum atomic E-state index is -0.430. The molecule has 0 saturated carbocycles. The van der Waals surface area contributed by atoms with E-state index in [2.05, 4.69) is 32.7 Å². The normalized spacial score (nSPS) is 19.7. The van der Waals surface area contributed by atoms with Crippen molar-refractivity contribution in [1.82, 2.24) is 20.4 Å². The van der Waals surface area contributed by atoms with E-state index in [9.17, 15) is 4.79 Å². The minimum Gasteiger partial charge on any atom is -0.444 e. The van der Waals surface area contributed by atoms with Gasteiger partial charge in [0.2, 0.25) is 0 Å². The molecule has 2 rings (SSSR count). The molecule has 1 aliphatic carbocycles. The average molecular weight is 366 g/mol. The highest BCUT2D eigenvalue weighted by molar-refractivity contribution is 5.80. The highest BCUT2D eigenvalue weighted by Crippen LogP contribution is 2.12. The first-order chi connectivity index (χ1) is 12.4. The molecule has 0 aromatic rings. The maximum atomic E-state index is 12.1. The Bertz CT molecular complexity index is 497. The standard InChI is InChI=1S/C19H35N5O2/c1-19(2,3)26-18(25)24-14-12-23(13-15-24)11-7-10-21-17(20-4)22-16-8-5-6-9-16/h5-6,16H,7-15H2,1-4H3,(H2,20,21,22). The van der Waals surface area contributed by atoms with Gasteiger partial charge in [-0.1, -0.05) is 12.2 Å². The number of carbonyl (C=O) groups excluding carboxylic acids is 1. The molecule has 1 aliphatic heterocycles. The highest BCUT2D eigenvalue weighted by Gasteiger charge is 2.25. The lowest BCUT2D eigenvalue weighted by Gasteiger charge is -2.35. The van der Waals surface area contributed by atoms with Crippen LogP contribution in [0.5, 0.6) is 0 Å². The first-order valence-electron chi connectivity index (χ1n) is 9.70. The summed E-state index contributed by atoms with van der Waals surface area (Å²) in [7, 11) is 1.81. The van der Waals surface area contributed by atoms with Crippen LogP contribution in [-0.4, -0.2) is 79.8 Å². The summed E-state index contributed by atoms with van der Waals surface area (Å²) in [5, 5.41) is 6.83. The lowest BCUT2D eigenvalue weighted by Crippen LogP contribution is -2.50. The predicted octanol–water partition coefficient (Wildman–Crippen LogP) is 1.81. The summed E-state index contributed by atoms with van der Waals surface area (Å²) in [5.74, 6) is 0.883. The van der Waals surface area contributed by atoms with Gasteiger partial charge >= 0.3 is 6.09 Å². The fourth-order valence-electron chi connectivity index (χ4n) is 3.11. The summed E-state index contributed by atoms with van der Waals surface area (Å²) in [4.78, 5) is 20.6. The summed E-state index contributed by atoms with van der Waals surface area (Å²) >= 11 is 0. The molecule has 0 bridgehead atoms. The number of hydrogen-bond donors (Lipinski definition) is 2. The molecule has 7 nitrogen and oxygen atoms in total. The van der Waals surface area contributed by atoms with Crippen molar-refractivity contribution < 1.29 is 9.53 Å². The van der Waals surface area contributed by atoms with Crippen LogP contribution in [0.1, 0.15) is 40.0 Å². The van der Waals surface area contributed by atoms with E-state index in [0.29, 0.717) is 6.04 Å². The fourth-order valence-corrected chi connectivity index (χ4v) is 3.11. The summed E-state index contributed by atoms with van der Waals surface area (Å²) in [6, 6.07) is 0.474. The fraction of sp³-hybridized carbons (Fsp3) is 0.789. The number of piperazine rings is 1. The van der Waals surface area contributed by atoms with Gasteiger partial charge in [-0.2, -0.15) is 0 Å². The zero-order valence-electron chi connectivity index (χ0n) is 16.8. The van der Waals surface area contributed by atoms with Gasteiger partial charge in [-0.05, 0) is 46.6 Å². The number of nitrogens with one attached hydrogen (secondary N) is 2. The third-order valence-electron chi connectivity index (χ3n) is 4.54. The Morgan fingerprint density at radius 2 is 1.85 bits per heavy atom. The number of aliphatic imine (C=N–C) groups is 1. The van der Waals surface area contributed by atoms with E-state index in [1.54, 1.807) is 4.90 Å². The van der Waals surface area contributed by atoms with E-state index in [4.69, 9.17) is 4.74 Å². The van der Waals surface area contributed by atoms with Gasteiger partial charge in [0.05, 0.1) is 0 Å². The monoisotopic (exact) mass is 365 g/mol. The van der Waals surface area contributed by atoms with Crippen molar-refractivity contribution in [3.63, 3.8) is 0 Å². The number of rotatable bonds is 5. The van der Waals surface area contributed by atoms with Crippen LogP contribution >= 0.6 is 0 Å². The smallest absolute Gasteiger partial charge is 0.410 e. The lowest BCUT2D eigenvalue weighted by atomic mass is 10.2. The number of hydrogen-bond acceptors (Lipinski definition) is 4. The second-order valence-electron chi connectivity index (χ2n) is 7.95. The molecule has 1 saturated heterocycles. The van der Waals surface area contributed by atoms with Crippen LogP contribution in [-0.2, 0) is 4.74 Å². The number of guanidine groups is 1. The molecular weight excluding hydrogens is 330 g/mol. The molecule has 26 heavy (non-hydrogen) atoms. The van der Waals surface area contributed by atoms with Crippen LogP contribution in [0.3, 0.4) is 0 Å². The Hall–Kier alpha value is -1.76. The zero-order chi connectivity index (χ0) is 19.0. The maximum Gasteiger partial charge on any atom is 0.410 e. The minimum absolute atomic E-state index is 0.199. The van der Waals surface area contributed by atoms with Crippen LogP contribution < -0.4 is 10.6 Å². The van der Waals surface area contributed by atoms with Crippen LogP contribution in [0.15, 0.2) is 17.1 Å². The van der Waals surface area contributed by atoms with Crippen LogP contribution in [0.2, 0.25) is 0 Å². The van der Waals surface area contributed by atoms with E-state index in [1.807, 2.05) is 27.8 Å². The molecule has 0 unspecified atom stereocenters. The third kappa shape index (κ3) is 7.23. The Morgan fingerprint density at radius 1 is 1.19 bits per heavy atom. The molecular formula is C19H35N5O2. The van der Waals surface area contributed by atoms with Crippen molar-refractivity contribution in [2.45, 2.75) is 51.7 Å². The van der Waals surface area contributed by atoms with Crippen LogP contribution in [0.4, 0.5) is 4.79 Å². The average Bonchev–Trinajstić information content (AvgIpc) is 3.09. The van der Waals surface area contributed by atoms with Gasteiger partial charge in [-0.25, -0.2) is 4.79 Å². The number of nitrogens with zero attached hydrogens (tertiary/aromatic N) is 3. The summed E-state index contributed by atoms with van der Waals surface area (Å²) in [5.41, 5.74) is -0.430. The van der Waals surface area contributed by atoms with E-state index >= 15 is 0 Å². The maximum absolute atomic E-state index is 12.1. The van der Waals surface area contributed by atoms with Crippen LogP contribution in [0.25, 0.3) is 0 Å². The molecule has 1 fully saturated rings. The number of amides is 1. The third-order valence-corrected chi connectivity index (χ3v) is 4.54. The second-order valence-corrected chi connectivity index (χ2v) is 7.95. The molecule has 0 aromatic carbocycles. The molecule has 0 radical (unpaired) electrons. The SMILES string of the molecule is CN=C(NCCCN1CCN(C(=O)OC(C)(C)C)CC1)NC1CC=CC1. The van der Waals surface area contributed by atoms with Crippen molar-refractivity contribution in [3.05, 3.63) is 12.2 Å². The summed E-state index contributed by atoms with van der Waals surface area (Å²) in [6.45, 7) is 10.9. The van der Waals surface area contributed by atoms with Gasteiger partial charge in [0.15, 0.2) is 5.96 Å². The van der Waals surface area contributed by atoms with E-state index in [-0.39, 0.29) is 6.09 Å². The van der Waals surface area contributed by atoms with Gasteiger partial charge in [0.25, 0.3) is 0 Å². The molecule has 148 valence electrons. The number of ether oxygens (including phenoxy) is 1. The molecule has 0 aromatic heterocycles. The Labute approximate surface area is 157 Å². The Morgan fingerprint density at radius 3 is 2.42 bits per heavy atom. The molecule has 7 heteroatoms. The summed E-state index contributed by atoms with van der Waals surface area (Å²) in [6.07, 6.45) is 7.42. The molecule has 1 heterocycles.